The third-order valence-corrected chi connectivity index (χ3v) is 4.42. The molecule has 1 aromatic heterocycles. The second kappa shape index (κ2) is 6.67. The summed E-state index contributed by atoms with van der Waals surface area (Å²) in [5.74, 6) is 1.73. The van der Waals surface area contributed by atoms with Crippen molar-refractivity contribution in [2.75, 3.05) is 6.54 Å². The minimum atomic E-state index is 0.607. The molecular weight excluding hydrogens is 288 g/mol. The summed E-state index contributed by atoms with van der Waals surface area (Å²) in [6, 6.07) is 2.80. The molecule has 2 nitrogen and oxygen atoms in total. The first-order valence-corrected chi connectivity index (χ1v) is 7.81. The number of nitrogens with zero attached hydrogens (tertiary/aromatic N) is 1. The average molecular weight is 311 g/mol. The molecule has 18 heavy (non-hydrogen) atoms. The van der Waals surface area contributed by atoms with Crippen molar-refractivity contribution in [3.63, 3.8) is 0 Å². The maximum Gasteiger partial charge on any atom is 0.0410 e. The van der Waals surface area contributed by atoms with Crippen LogP contribution in [0.2, 0.25) is 0 Å². The fourth-order valence-electron chi connectivity index (χ4n) is 3.11. The molecule has 3 unspecified atom stereocenters. The van der Waals surface area contributed by atoms with Gasteiger partial charge in [-0.25, -0.2) is 0 Å². The second-order valence-electron chi connectivity index (χ2n) is 5.56. The molecule has 1 saturated carbocycles. The highest BCUT2D eigenvalue weighted by atomic mass is 79.9. The summed E-state index contributed by atoms with van der Waals surface area (Å²) in [7, 11) is 0. The van der Waals surface area contributed by atoms with Gasteiger partial charge in [-0.1, -0.05) is 20.3 Å². The van der Waals surface area contributed by atoms with Gasteiger partial charge in [-0.15, -0.1) is 0 Å². The summed E-state index contributed by atoms with van der Waals surface area (Å²) in [6.07, 6.45) is 9.08. The summed E-state index contributed by atoms with van der Waals surface area (Å²) in [5, 5.41) is 3.67. The van der Waals surface area contributed by atoms with Crippen molar-refractivity contribution in [1.82, 2.24) is 10.3 Å². The monoisotopic (exact) mass is 310 g/mol. The van der Waals surface area contributed by atoms with Crippen molar-refractivity contribution < 1.29 is 0 Å². The lowest BCUT2D eigenvalue weighted by Gasteiger charge is -2.24. The maximum atomic E-state index is 4.26. The third-order valence-electron chi connectivity index (χ3n) is 3.99. The lowest BCUT2D eigenvalue weighted by atomic mass is 9.92. The van der Waals surface area contributed by atoms with Crippen LogP contribution >= 0.6 is 15.9 Å². The Hall–Kier alpha value is -0.410. The first-order valence-electron chi connectivity index (χ1n) is 7.01. The van der Waals surface area contributed by atoms with Crippen molar-refractivity contribution in [2.45, 2.75) is 45.6 Å². The largest absolute Gasteiger partial charge is 0.314 e. The lowest BCUT2D eigenvalue weighted by Crippen LogP contribution is -2.37. The van der Waals surface area contributed by atoms with Gasteiger partial charge in [0.25, 0.3) is 0 Å². The molecule has 2 rings (SSSR count). The fraction of sp³-hybridized carbons (Fsp3) is 0.667. The predicted octanol–water partition coefficient (Wildman–Crippen LogP) is 3.80. The quantitative estimate of drug-likeness (QED) is 0.894. The van der Waals surface area contributed by atoms with Crippen LogP contribution in [0.15, 0.2) is 22.9 Å². The molecule has 0 spiro atoms. The lowest BCUT2D eigenvalue weighted by molar-refractivity contribution is 0.353. The van der Waals surface area contributed by atoms with Crippen LogP contribution in [0.25, 0.3) is 0 Å². The first kappa shape index (κ1) is 14.0. The zero-order valence-corrected chi connectivity index (χ0v) is 12.9. The predicted molar refractivity (Wildman–Crippen MR) is 79.6 cm³/mol. The van der Waals surface area contributed by atoms with Crippen molar-refractivity contribution in [2.24, 2.45) is 11.8 Å². The minimum absolute atomic E-state index is 0.607. The third kappa shape index (κ3) is 3.79. The fourth-order valence-corrected chi connectivity index (χ4v) is 3.52. The number of rotatable bonds is 5. The molecule has 1 aliphatic rings. The summed E-state index contributed by atoms with van der Waals surface area (Å²) in [4.78, 5) is 4.26. The van der Waals surface area contributed by atoms with E-state index in [2.05, 4.69) is 46.1 Å². The number of halogens is 1. The van der Waals surface area contributed by atoms with Gasteiger partial charge in [0.1, 0.15) is 0 Å². The zero-order chi connectivity index (χ0) is 13.0. The van der Waals surface area contributed by atoms with E-state index in [0.29, 0.717) is 6.04 Å². The Morgan fingerprint density at radius 1 is 1.44 bits per heavy atom. The van der Waals surface area contributed by atoms with Gasteiger partial charge in [0, 0.05) is 22.9 Å². The topological polar surface area (TPSA) is 24.9 Å². The first-order chi connectivity index (χ1) is 8.69. The van der Waals surface area contributed by atoms with Gasteiger partial charge < -0.3 is 5.32 Å². The molecule has 0 amide bonds. The Labute approximate surface area is 119 Å². The van der Waals surface area contributed by atoms with E-state index in [1.54, 1.807) is 0 Å². The van der Waals surface area contributed by atoms with Crippen LogP contribution in [-0.2, 0) is 6.42 Å². The van der Waals surface area contributed by atoms with E-state index in [-0.39, 0.29) is 0 Å². The molecule has 3 atom stereocenters. The molecule has 100 valence electrons. The van der Waals surface area contributed by atoms with Crippen LogP contribution in [0.4, 0.5) is 0 Å². The SMILES string of the molecule is CCNC(Cc1cncc(Br)c1)C1CCC(C)C1. The van der Waals surface area contributed by atoms with Gasteiger partial charge in [0.15, 0.2) is 0 Å². The van der Waals surface area contributed by atoms with E-state index in [1.165, 1.54) is 24.8 Å². The van der Waals surface area contributed by atoms with Crippen molar-refractivity contribution in [3.8, 4) is 0 Å². The highest BCUT2D eigenvalue weighted by Crippen LogP contribution is 2.33. The van der Waals surface area contributed by atoms with Crippen LogP contribution in [0.1, 0.15) is 38.7 Å². The van der Waals surface area contributed by atoms with Gasteiger partial charge in [0.2, 0.25) is 0 Å². The smallest absolute Gasteiger partial charge is 0.0410 e. The molecule has 1 heterocycles. The number of aromatic nitrogens is 1. The molecule has 0 saturated heterocycles. The molecule has 1 N–H and O–H groups in total. The van der Waals surface area contributed by atoms with Crippen LogP contribution in [0.3, 0.4) is 0 Å². The molecule has 1 aliphatic carbocycles. The van der Waals surface area contributed by atoms with Gasteiger partial charge in [-0.3, -0.25) is 4.98 Å². The Balaban J connectivity index is 2.01. The van der Waals surface area contributed by atoms with E-state index in [0.717, 1.165) is 29.3 Å². The van der Waals surface area contributed by atoms with Crippen molar-refractivity contribution in [3.05, 3.63) is 28.5 Å². The van der Waals surface area contributed by atoms with E-state index < -0.39 is 0 Å². The average Bonchev–Trinajstić information content (AvgIpc) is 2.75. The second-order valence-corrected chi connectivity index (χ2v) is 6.47. The van der Waals surface area contributed by atoms with Gasteiger partial charge in [-0.05, 0) is 65.2 Å². The molecule has 0 radical (unpaired) electrons. The highest BCUT2D eigenvalue weighted by molar-refractivity contribution is 9.10. The number of likely N-dealkylation sites (N-methyl/N-ethyl adjacent to an activating group) is 1. The normalized spacial score (nSPS) is 25.3. The number of hydrogen-bond donors (Lipinski definition) is 1. The zero-order valence-electron chi connectivity index (χ0n) is 11.3. The van der Waals surface area contributed by atoms with Gasteiger partial charge in [-0.2, -0.15) is 0 Å². The van der Waals surface area contributed by atoms with Crippen LogP contribution in [-0.4, -0.2) is 17.6 Å². The Morgan fingerprint density at radius 2 is 2.28 bits per heavy atom. The Kier molecular flexibility index (Phi) is 5.19. The summed E-state index contributed by atoms with van der Waals surface area (Å²) >= 11 is 3.50. The van der Waals surface area contributed by atoms with E-state index in [4.69, 9.17) is 0 Å². The maximum absolute atomic E-state index is 4.26. The standard InChI is InChI=1S/C15H23BrN2/c1-3-18-15(13-5-4-11(2)6-13)8-12-7-14(16)10-17-9-12/h7,9-11,13,15,18H,3-6,8H2,1-2H3. The molecule has 1 fully saturated rings. The summed E-state index contributed by atoms with van der Waals surface area (Å²) < 4.78 is 1.08. The van der Waals surface area contributed by atoms with Crippen molar-refractivity contribution >= 4 is 15.9 Å². The summed E-state index contributed by atoms with van der Waals surface area (Å²) in [5.41, 5.74) is 1.33. The number of pyridine rings is 1. The molecule has 0 bridgehead atoms. The van der Waals surface area contributed by atoms with E-state index in [9.17, 15) is 0 Å². The van der Waals surface area contributed by atoms with Crippen LogP contribution in [0, 0.1) is 11.8 Å². The molecule has 0 aliphatic heterocycles. The minimum Gasteiger partial charge on any atom is -0.314 e. The van der Waals surface area contributed by atoms with E-state index >= 15 is 0 Å². The molecular formula is C15H23BrN2. The molecule has 3 heteroatoms. The number of nitrogens with one attached hydrogen (secondary N) is 1. The van der Waals surface area contributed by atoms with E-state index in [1.807, 2.05) is 12.4 Å². The van der Waals surface area contributed by atoms with Crippen LogP contribution < -0.4 is 5.32 Å². The van der Waals surface area contributed by atoms with Gasteiger partial charge >= 0.3 is 0 Å². The van der Waals surface area contributed by atoms with Crippen LogP contribution in [0.5, 0.6) is 0 Å². The Bertz CT molecular complexity index is 381. The molecule has 1 aromatic rings. The number of hydrogen-bond acceptors (Lipinski definition) is 2. The van der Waals surface area contributed by atoms with Gasteiger partial charge in [0.05, 0.1) is 0 Å². The van der Waals surface area contributed by atoms with Crippen molar-refractivity contribution in [1.29, 1.82) is 0 Å². The Morgan fingerprint density at radius 3 is 2.89 bits per heavy atom. The molecule has 0 aromatic carbocycles. The summed E-state index contributed by atoms with van der Waals surface area (Å²) in [6.45, 7) is 5.63. The highest BCUT2D eigenvalue weighted by Gasteiger charge is 2.28.